The molecule has 0 saturated heterocycles. The summed E-state index contributed by atoms with van der Waals surface area (Å²) in [6.45, 7) is 10.7. The lowest BCUT2D eigenvalue weighted by Crippen LogP contribution is -2.24. The number of esters is 1. The highest BCUT2D eigenvalue weighted by molar-refractivity contribution is 8.04. The number of allylic oxidation sites excluding steroid dienone is 3. The van der Waals surface area contributed by atoms with Crippen molar-refractivity contribution in [2.24, 2.45) is 11.3 Å². The van der Waals surface area contributed by atoms with Gasteiger partial charge in [-0.3, -0.25) is 4.79 Å². The Morgan fingerprint density at radius 2 is 2.04 bits per heavy atom. The Labute approximate surface area is 151 Å². The molecule has 0 N–H and O–H groups in total. The lowest BCUT2D eigenvalue weighted by atomic mass is 9.79. The molecule has 6 heteroatoms. The van der Waals surface area contributed by atoms with Crippen molar-refractivity contribution in [3.63, 3.8) is 0 Å². The summed E-state index contributed by atoms with van der Waals surface area (Å²) < 4.78 is 10.7. The van der Waals surface area contributed by atoms with Crippen LogP contribution in [0.25, 0.3) is 0 Å². The number of ketones is 1. The van der Waals surface area contributed by atoms with E-state index in [1.54, 1.807) is 11.8 Å². The molecule has 0 bridgehead atoms. The van der Waals surface area contributed by atoms with Crippen molar-refractivity contribution in [1.82, 2.24) is 0 Å². The molecule has 0 heterocycles. The van der Waals surface area contributed by atoms with Crippen LogP contribution in [0.3, 0.4) is 0 Å². The van der Waals surface area contributed by atoms with Crippen LogP contribution >= 0.6 is 11.8 Å². The second kappa shape index (κ2) is 9.46. The molecule has 24 heavy (non-hydrogen) atoms. The zero-order valence-corrected chi connectivity index (χ0v) is 17.4. The van der Waals surface area contributed by atoms with Crippen LogP contribution in [0, 0.1) is 11.3 Å². The van der Waals surface area contributed by atoms with Gasteiger partial charge in [0.25, 0.3) is 9.04 Å². The van der Waals surface area contributed by atoms with Crippen LogP contribution in [0.15, 0.2) is 22.8 Å². The third-order valence-electron chi connectivity index (χ3n) is 3.76. The summed E-state index contributed by atoms with van der Waals surface area (Å²) in [6.07, 6.45) is 5.50. The Bertz CT molecular complexity index is 518. The highest BCUT2D eigenvalue weighted by atomic mass is 32.2. The number of rotatable bonds is 8. The minimum atomic E-state index is -0.902. The van der Waals surface area contributed by atoms with Crippen LogP contribution in [0.2, 0.25) is 13.1 Å². The number of ether oxygens (including phenoxy) is 1. The van der Waals surface area contributed by atoms with Gasteiger partial charge < -0.3 is 9.16 Å². The Kier molecular flexibility index (Phi) is 8.29. The molecule has 1 atom stereocenters. The number of carbonyl (C=O) groups excluding carboxylic acids is 2. The van der Waals surface area contributed by atoms with Gasteiger partial charge >= 0.3 is 5.97 Å². The van der Waals surface area contributed by atoms with E-state index in [0.717, 1.165) is 29.3 Å². The molecular formula is C18H29O4SSi. The molecule has 1 aliphatic rings. The van der Waals surface area contributed by atoms with Crippen molar-refractivity contribution in [2.75, 3.05) is 12.9 Å². The van der Waals surface area contributed by atoms with E-state index in [-0.39, 0.29) is 23.1 Å². The summed E-state index contributed by atoms with van der Waals surface area (Å²) in [4.78, 5) is 24.3. The quantitative estimate of drug-likeness (QED) is 0.276. The maximum atomic E-state index is 12.4. The maximum absolute atomic E-state index is 12.4. The van der Waals surface area contributed by atoms with E-state index in [2.05, 4.69) is 38.6 Å². The molecule has 0 aliphatic heterocycles. The van der Waals surface area contributed by atoms with E-state index in [9.17, 15) is 9.59 Å². The number of carbonyl (C=O) groups is 2. The third kappa shape index (κ3) is 6.47. The van der Waals surface area contributed by atoms with Crippen LogP contribution in [0.5, 0.6) is 0 Å². The normalized spacial score (nSPS) is 18.8. The number of hydrogen-bond donors (Lipinski definition) is 0. The standard InChI is InChI=1S/C18H29O4SSi/c1-18(2,3)13-12-14(19)17(16(13)22-24(5)6)23-11-9-7-8-10-15(20)21-4/h8,10,13H,7,9,11-12H2,1-6H3/b10-8+/t13-/m0/s1. The van der Waals surface area contributed by atoms with E-state index < -0.39 is 9.04 Å². The summed E-state index contributed by atoms with van der Waals surface area (Å²) in [5.41, 5.74) is 0.0217. The van der Waals surface area contributed by atoms with E-state index in [4.69, 9.17) is 4.43 Å². The molecule has 4 nitrogen and oxygen atoms in total. The lowest BCUT2D eigenvalue weighted by molar-refractivity contribution is -0.134. The second-order valence-electron chi connectivity index (χ2n) is 7.17. The van der Waals surface area contributed by atoms with Crippen molar-refractivity contribution in [1.29, 1.82) is 0 Å². The Balaban J connectivity index is 2.68. The SMILES string of the molecule is COC(=O)/C=C/CCCSC1=C(O[Si](C)C)[C@@H](C(C)(C)C)CC1=O. The number of thioether (sulfide) groups is 1. The Morgan fingerprint density at radius 1 is 1.38 bits per heavy atom. The van der Waals surface area contributed by atoms with Gasteiger partial charge in [0.15, 0.2) is 5.78 Å². The third-order valence-corrected chi connectivity index (χ3v) is 5.60. The molecule has 0 aromatic carbocycles. The van der Waals surface area contributed by atoms with Gasteiger partial charge in [-0.15, -0.1) is 11.8 Å². The monoisotopic (exact) mass is 369 g/mol. The summed E-state index contributed by atoms with van der Waals surface area (Å²) in [5.74, 6) is 1.81. The van der Waals surface area contributed by atoms with Gasteiger partial charge in [0.1, 0.15) is 5.76 Å². The van der Waals surface area contributed by atoms with Crippen LogP contribution in [-0.2, 0) is 18.8 Å². The molecule has 1 aliphatic carbocycles. The zero-order chi connectivity index (χ0) is 18.3. The Morgan fingerprint density at radius 3 is 2.58 bits per heavy atom. The summed E-state index contributed by atoms with van der Waals surface area (Å²) in [7, 11) is 0.464. The largest absolute Gasteiger partial charge is 0.544 e. The van der Waals surface area contributed by atoms with E-state index in [0.29, 0.717) is 6.42 Å². The molecular weight excluding hydrogens is 340 g/mol. The molecule has 0 unspecified atom stereocenters. The zero-order valence-electron chi connectivity index (χ0n) is 15.6. The molecule has 1 radical (unpaired) electrons. The smallest absolute Gasteiger partial charge is 0.330 e. The van der Waals surface area contributed by atoms with Crippen LogP contribution in [0.1, 0.15) is 40.0 Å². The molecule has 0 spiro atoms. The summed E-state index contributed by atoms with van der Waals surface area (Å²) >= 11 is 1.60. The van der Waals surface area contributed by atoms with Crippen LogP contribution < -0.4 is 0 Å². The fourth-order valence-electron chi connectivity index (χ4n) is 2.48. The van der Waals surface area contributed by atoms with Gasteiger partial charge in [-0.05, 0) is 37.1 Å². The topological polar surface area (TPSA) is 52.6 Å². The molecule has 0 aromatic rings. The summed E-state index contributed by atoms with van der Waals surface area (Å²) in [5, 5.41) is 0. The first kappa shape index (κ1) is 21.0. The highest BCUT2D eigenvalue weighted by Gasteiger charge is 2.40. The van der Waals surface area contributed by atoms with Gasteiger partial charge in [-0.1, -0.05) is 26.8 Å². The van der Waals surface area contributed by atoms with Crippen LogP contribution in [-0.4, -0.2) is 33.7 Å². The fourth-order valence-corrected chi connectivity index (χ4v) is 4.32. The maximum Gasteiger partial charge on any atom is 0.330 e. The van der Waals surface area contributed by atoms with Gasteiger partial charge in [0.05, 0.1) is 12.0 Å². The van der Waals surface area contributed by atoms with Gasteiger partial charge in [-0.25, -0.2) is 4.79 Å². The van der Waals surface area contributed by atoms with E-state index in [1.165, 1.54) is 13.2 Å². The number of Topliss-reactive ketones (excluding diaryl/α,β-unsaturated/α-hetero) is 1. The summed E-state index contributed by atoms with van der Waals surface area (Å²) in [6, 6.07) is 0. The molecule has 0 saturated carbocycles. The first-order valence-electron chi connectivity index (χ1n) is 8.29. The lowest BCUT2D eigenvalue weighted by Gasteiger charge is -2.29. The van der Waals surface area contributed by atoms with Crippen molar-refractivity contribution in [2.45, 2.75) is 53.1 Å². The second-order valence-corrected chi connectivity index (χ2v) is 10.3. The van der Waals surface area contributed by atoms with Gasteiger partial charge in [-0.2, -0.15) is 0 Å². The van der Waals surface area contributed by atoms with E-state index >= 15 is 0 Å². The van der Waals surface area contributed by atoms with E-state index in [1.807, 2.05) is 6.08 Å². The number of methoxy groups -OCH3 is 1. The minimum Gasteiger partial charge on any atom is -0.544 e. The highest BCUT2D eigenvalue weighted by Crippen LogP contribution is 2.45. The average molecular weight is 370 g/mol. The van der Waals surface area contributed by atoms with Gasteiger partial charge in [0, 0.05) is 18.4 Å². The first-order chi connectivity index (χ1) is 11.2. The average Bonchev–Trinajstić information content (AvgIpc) is 2.78. The van der Waals surface area contributed by atoms with Crippen molar-refractivity contribution < 1.29 is 18.8 Å². The van der Waals surface area contributed by atoms with Crippen molar-refractivity contribution >= 4 is 32.6 Å². The first-order valence-corrected chi connectivity index (χ1v) is 11.7. The van der Waals surface area contributed by atoms with Crippen molar-refractivity contribution in [3.8, 4) is 0 Å². The predicted molar refractivity (Wildman–Crippen MR) is 101 cm³/mol. The molecule has 1 rings (SSSR count). The minimum absolute atomic E-state index is 0.0217. The number of hydrogen-bond acceptors (Lipinski definition) is 5. The fraction of sp³-hybridized carbons (Fsp3) is 0.667. The molecule has 0 fully saturated rings. The van der Waals surface area contributed by atoms with Gasteiger partial charge in [0.2, 0.25) is 0 Å². The molecule has 0 amide bonds. The predicted octanol–water partition coefficient (Wildman–Crippen LogP) is 4.34. The molecule has 0 aromatic heterocycles. The Hall–Kier alpha value is -1.01. The molecule has 135 valence electrons. The number of unbranched alkanes of at least 4 members (excludes halogenated alkanes) is 1. The van der Waals surface area contributed by atoms with Crippen LogP contribution in [0.4, 0.5) is 0 Å². The van der Waals surface area contributed by atoms with Crippen molar-refractivity contribution in [3.05, 3.63) is 22.8 Å².